The van der Waals surface area contributed by atoms with Crippen LogP contribution in [0.4, 0.5) is 0 Å². The van der Waals surface area contributed by atoms with Crippen molar-refractivity contribution in [2.75, 3.05) is 13.2 Å². The first-order valence-electron chi connectivity index (χ1n) is 9.94. The third-order valence-corrected chi connectivity index (χ3v) is 4.61. The van der Waals surface area contributed by atoms with Crippen LogP contribution in [0, 0.1) is 6.92 Å². The van der Waals surface area contributed by atoms with Crippen molar-refractivity contribution in [3.63, 3.8) is 0 Å². The van der Waals surface area contributed by atoms with Crippen LogP contribution >= 0.6 is 0 Å². The Bertz CT molecular complexity index is 844. The number of para-hydroxylation sites is 1. The van der Waals surface area contributed by atoms with Gasteiger partial charge in [-0.2, -0.15) is 0 Å². The molecule has 0 saturated heterocycles. The number of benzene rings is 3. The molecule has 3 aromatic rings. The number of aryl methyl sites for hydroxylation is 1. The maximum atomic E-state index is 6.20. The van der Waals surface area contributed by atoms with Gasteiger partial charge in [-0.3, -0.25) is 0 Å². The fourth-order valence-electron chi connectivity index (χ4n) is 3.07. The molecule has 0 heterocycles. The van der Waals surface area contributed by atoms with Crippen molar-refractivity contribution < 1.29 is 9.47 Å². The fourth-order valence-corrected chi connectivity index (χ4v) is 3.07. The monoisotopic (exact) mass is 375 g/mol. The van der Waals surface area contributed by atoms with Gasteiger partial charge in [-0.25, -0.2) is 0 Å². The molecule has 3 nitrogen and oxygen atoms in total. The van der Waals surface area contributed by atoms with E-state index in [2.05, 4.69) is 66.8 Å². The molecular formula is C25H29NO2. The molecule has 146 valence electrons. The first kappa shape index (κ1) is 20.0. The zero-order valence-electron chi connectivity index (χ0n) is 16.8. The van der Waals surface area contributed by atoms with Crippen molar-refractivity contribution >= 4 is 0 Å². The third-order valence-electron chi connectivity index (χ3n) is 4.61. The number of hydrogen-bond acceptors (Lipinski definition) is 3. The number of nitrogens with one attached hydrogen (secondary N) is 1. The van der Waals surface area contributed by atoms with Crippen LogP contribution < -0.4 is 14.8 Å². The molecule has 0 aliphatic heterocycles. The van der Waals surface area contributed by atoms with Gasteiger partial charge < -0.3 is 14.8 Å². The quantitative estimate of drug-likeness (QED) is 0.488. The molecule has 0 aliphatic rings. The molecule has 0 aliphatic carbocycles. The van der Waals surface area contributed by atoms with E-state index in [1.807, 2.05) is 25.1 Å². The average Bonchev–Trinajstić information content (AvgIpc) is 2.73. The molecule has 3 aromatic carbocycles. The van der Waals surface area contributed by atoms with E-state index in [4.69, 9.17) is 9.47 Å². The fraction of sp³-hybridized carbons (Fsp3) is 0.280. The van der Waals surface area contributed by atoms with Gasteiger partial charge in [0.15, 0.2) is 11.5 Å². The summed E-state index contributed by atoms with van der Waals surface area (Å²) in [7, 11) is 0. The minimum Gasteiger partial charge on any atom is -0.490 e. The summed E-state index contributed by atoms with van der Waals surface area (Å²) < 4.78 is 12.0. The molecule has 0 aromatic heterocycles. The van der Waals surface area contributed by atoms with Crippen LogP contribution in [-0.4, -0.2) is 13.2 Å². The summed E-state index contributed by atoms with van der Waals surface area (Å²) in [5.41, 5.74) is 4.86. The Morgan fingerprint density at radius 3 is 2.32 bits per heavy atom. The van der Waals surface area contributed by atoms with Crippen molar-refractivity contribution in [2.45, 2.75) is 33.4 Å². The van der Waals surface area contributed by atoms with Crippen LogP contribution in [-0.2, 0) is 19.6 Å². The van der Waals surface area contributed by atoms with Gasteiger partial charge in [0.05, 0.1) is 6.61 Å². The van der Waals surface area contributed by atoms with Crippen molar-refractivity contribution in [3.8, 4) is 11.5 Å². The second kappa shape index (κ2) is 10.5. The van der Waals surface area contributed by atoms with Gasteiger partial charge in [-0.1, -0.05) is 72.3 Å². The minimum absolute atomic E-state index is 0.529. The minimum atomic E-state index is 0.529. The van der Waals surface area contributed by atoms with Gasteiger partial charge in [0, 0.05) is 12.1 Å². The van der Waals surface area contributed by atoms with Gasteiger partial charge in [0.1, 0.15) is 6.61 Å². The Hall–Kier alpha value is -2.78. The number of hydrogen-bond donors (Lipinski definition) is 1. The lowest BCUT2D eigenvalue weighted by atomic mass is 10.1. The predicted molar refractivity (Wildman–Crippen MR) is 115 cm³/mol. The van der Waals surface area contributed by atoms with E-state index in [1.54, 1.807) is 0 Å². The highest BCUT2D eigenvalue weighted by atomic mass is 16.5. The second-order valence-electron chi connectivity index (χ2n) is 6.86. The molecule has 0 bridgehead atoms. The molecule has 0 amide bonds. The van der Waals surface area contributed by atoms with Crippen LogP contribution in [0.25, 0.3) is 0 Å². The zero-order valence-corrected chi connectivity index (χ0v) is 16.8. The lowest BCUT2D eigenvalue weighted by molar-refractivity contribution is 0.266. The van der Waals surface area contributed by atoms with E-state index in [9.17, 15) is 0 Å². The largest absolute Gasteiger partial charge is 0.490 e. The summed E-state index contributed by atoms with van der Waals surface area (Å²) in [5, 5.41) is 3.53. The lowest BCUT2D eigenvalue weighted by Gasteiger charge is -2.16. The molecule has 0 unspecified atom stereocenters. The predicted octanol–water partition coefficient (Wildman–Crippen LogP) is 5.31. The summed E-state index contributed by atoms with van der Waals surface area (Å²) in [6.45, 7) is 6.90. The van der Waals surface area contributed by atoms with Gasteiger partial charge in [0.2, 0.25) is 0 Å². The van der Waals surface area contributed by atoms with Crippen LogP contribution in [0.5, 0.6) is 11.5 Å². The van der Waals surface area contributed by atoms with E-state index in [0.29, 0.717) is 13.2 Å². The Balaban J connectivity index is 1.63. The normalized spacial score (nSPS) is 10.6. The van der Waals surface area contributed by atoms with E-state index in [-0.39, 0.29) is 0 Å². The van der Waals surface area contributed by atoms with Crippen molar-refractivity contribution in [3.05, 3.63) is 95.1 Å². The second-order valence-corrected chi connectivity index (χ2v) is 6.86. The summed E-state index contributed by atoms with van der Waals surface area (Å²) in [6, 6.07) is 25.1. The first-order chi connectivity index (χ1) is 13.8. The van der Waals surface area contributed by atoms with Gasteiger partial charge in [0.25, 0.3) is 0 Å². The van der Waals surface area contributed by atoms with Gasteiger partial charge >= 0.3 is 0 Å². The van der Waals surface area contributed by atoms with E-state index < -0.39 is 0 Å². The van der Waals surface area contributed by atoms with Crippen LogP contribution in [0.2, 0.25) is 0 Å². The highest BCUT2D eigenvalue weighted by Gasteiger charge is 2.11. The molecule has 0 radical (unpaired) electrons. The summed E-state index contributed by atoms with van der Waals surface area (Å²) in [6.07, 6.45) is 1.01. The van der Waals surface area contributed by atoms with E-state index in [0.717, 1.165) is 42.1 Å². The van der Waals surface area contributed by atoms with Crippen LogP contribution in [0.1, 0.15) is 29.2 Å². The topological polar surface area (TPSA) is 30.5 Å². The highest BCUT2D eigenvalue weighted by molar-refractivity contribution is 5.47. The van der Waals surface area contributed by atoms with Gasteiger partial charge in [-0.15, -0.1) is 0 Å². The maximum absolute atomic E-state index is 6.20. The smallest absolute Gasteiger partial charge is 0.166 e. The standard InChI is InChI=1S/C25H29NO2/c1-3-27-24-11-7-10-23(18-26-17-16-21-8-5-4-6-9-21)25(24)28-19-22-14-12-20(2)13-15-22/h4-15,26H,3,16-19H2,1-2H3. The number of rotatable bonds is 10. The SMILES string of the molecule is CCOc1cccc(CNCCc2ccccc2)c1OCc1ccc(C)cc1. The van der Waals surface area contributed by atoms with E-state index >= 15 is 0 Å². The molecule has 0 saturated carbocycles. The van der Waals surface area contributed by atoms with Crippen molar-refractivity contribution in [1.82, 2.24) is 5.32 Å². The summed E-state index contributed by atoms with van der Waals surface area (Å²) >= 11 is 0. The molecule has 3 heteroatoms. The zero-order chi connectivity index (χ0) is 19.6. The molecule has 1 N–H and O–H groups in total. The first-order valence-corrected chi connectivity index (χ1v) is 9.94. The molecule has 28 heavy (non-hydrogen) atoms. The summed E-state index contributed by atoms with van der Waals surface area (Å²) in [4.78, 5) is 0. The molecule has 0 atom stereocenters. The van der Waals surface area contributed by atoms with Crippen molar-refractivity contribution in [1.29, 1.82) is 0 Å². The molecular weight excluding hydrogens is 346 g/mol. The van der Waals surface area contributed by atoms with Crippen LogP contribution in [0.15, 0.2) is 72.8 Å². The number of ether oxygens (including phenoxy) is 2. The molecule has 0 fully saturated rings. The summed E-state index contributed by atoms with van der Waals surface area (Å²) in [5.74, 6) is 1.63. The molecule has 0 spiro atoms. The third kappa shape index (κ3) is 5.86. The van der Waals surface area contributed by atoms with Crippen LogP contribution in [0.3, 0.4) is 0 Å². The van der Waals surface area contributed by atoms with Gasteiger partial charge in [-0.05, 0) is 44.0 Å². The van der Waals surface area contributed by atoms with Crippen molar-refractivity contribution in [2.24, 2.45) is 0 Å². The Labute approximate surface area is 168 Å². The molecule has 3 rings (SSSR count). The Kier molecular flexibility index (Phi) is 7.51. The Morgan fingerprint density at radius 2 is 1.57 bits per heavy atom. The van der Waals surface area contributed by atoms with E-state index in [1.165, 1.54) is 11.1 Å². The maximum Gasteiger partial charge on any atom is 0.166 e. The lowest BCUT2D eigenvalue weighted by Crippen LogP contribution is -2.17. The highest BCUT2D eigenvalue weighted by Crippen LogP contribution is 2.32. The average molecular weight is 376 g/mol. The Morgan fingerprint density at radius 1 is 0.786 bits per heavy atom.